The molecule has 4 rings (SSSR count). The molecule has 140 valence electrons. The Labute approximate surface area is 158 Å². The molecule has 1 unspecified atom stereocenters. The zero-order valence-electron chi connectivity index (χ0n) is 15.1. The molecule has 0 saturated carbocycles. The van der Waals surface area contributed by atoms with E-state index in [0.29, 0.717) is 18.7 Å². The van der Waals surface area contributed by atoms with Crippen LogP contribution in [0.1, 0.15) is 40.9 Å². The van der Waals surface area contributed by atoms with Gasteiger partial charge in [-0.05, 0) is 43.4 Å². The van der Waals surface area contributed by atoms with E-state index in [-0.39, 0.29) is 29.7 Å². The van der Waals surface area contributed by atoms with Crippen molar-refractivity contribution in [2.45, 2.75) is 31.1 Å². The number of aromatic nitrogens is 2. The van der Waals surface area contributed by atoms with Crippen LogP contribution in [0.4, 0.5) is 5.95 Å². The van der Waals surface area contributed by atoms with Crippen molar-refractivity contribution in [1.82, 2.24) is 20.2 Å². The molecule has 1 spiro atoms. The van der Waals surface area contributed by atoms with Crippen LogP contribution in [0.15, 0.2) is 36.5 Å². The summed E-state index contributed by atoms with van der Waals surface area (Å²) in [5, 5.41) is 2.73. The molecule has 1 saturated heterocycles. The van der Waals surface area contributed by atoms with E-state index in [1.165, 1.54) is 0 Å². The van der Waals surface area contributed by atoms with Crippen molar-refractivity contribution in [2.24, 2.45) is 0 Å². The Balaban J connectivity index is 1.43. The second-order valence-electron chi connectivity index (χ2n) is 7.35. The number of nitrogens with two attached hydrogens (primary N) is 1. The molecule has 1 aromatic carbocycles. The number of aryl methyl sites for hydroxylation is 1. The summed E-state index contributed by atoms with van der Waals surface area (Å²) in [6.07, 6.45) is 5.61. The molecule has 0 bridgehead atoms. The molecule has 3 N–H and O–H groups in total. The molecule has 1 atom stereocenters. The molecule has 7 nitrogen and oxygen atoms in total. The van der Waals surface area contributed by atoms with Gasteiger partial charge in [-0.3, -0.25) is 9.59 Å². The molecule has 7 heteroatoms. The second-order valence-corrected chi connectivity index (χ2v) is 7.35. The fourth-order valence-electron chi connectivity index (χ4n) is 4.26. The Kier molecular flexibility index (Phi) is 4.51. The highest BCUT2D eigenvalue weighted by Crippen LogP contribution is 2.43. The van der Waals surface area contributed by atoms with E-state index in [9.17, 15) is 9.59 Å². The van der Waals surface area contributed by atoms with Gasteiger partial charge in [0.25, 0.3) is 5.91 Å². The summed E-state index contributed by atoms with van der Waals surface area (Å²) in [4.78, 5) is 35.3. The van der Waals surface area contributed by atoms with Gasteiger partial charge >= 0.3 is 0 Å². The van der Waals surface area contributed by atoms with Gasteiger partial charge in [0.2, 0.25) is 11.9 Å². The van der Waals surface area contributed by atoms with E-state index in [1.807, 2.05) is 17.2 Å². The predicted octanol–water partition coefficient (Wildman–Crippen LogP) is 1.30. The number of carbonyl (C=O) groups is 2. The molecule has 2 amide bonds. The van der Waals surface area contributed by atoms with Gasteiger partial charge in [0.15, 0.2) is 0 Å². The predicted molar refractivity (Wildman–Crippen MR) is 101 cm³/mol. The molecule has 2 heterocycles. The number of carbonyl (C=O) groups excluding carboxylic acids is 2. The van der Waals surface area contributed by atoms with Crippen LogP contribution in [0.5, 0.6) is 0 Å². The maximum absolute atomic E-state index is 12.7. The summed E-state index contributed by atoms with van der Waals surface area (Å²) in [5.41, 5.74) is 8.36. The van der Waals surface area contributed by atoms with E-state index < -0.39 is 0 Å². The average Bonchev–Trinajstić information content (AvgIpc) is 3.03. The zero-order chi connectivity index (χ0) is 18.9. The Morgan fingerprint density at radius 3 is 2.85 bits per heavy atom. The second kappa shape index (κ2) is 6.98. The maximum Gasteiger partial charge on any atom is 0.251 e. The van der Waals surface area contributed by atoms with Gasteiger partial charge < -0.3 is 16.0 Å². The van der Waals surface area contributed by atoms with Crippen LogP contribution >= 0.6 is 0 Å². The Morgan fingerprint density at radius 1 is 1.22 bits per heavy atom. The average molecular weight is 365 g/mol. The molecule has 2 aromatic rings. The number of piperidine rings is 1. The molecule has 27 heavy (non-hydrogen) atoms. The summed E-state index contributed by atoms with van der Waals surface area (Å²) in [6.45, 7) is 1.33. The number of likely N-dealkylation sites (tertiary alicyclic amines) is 1. The van der Waals surface area contributed by atoms with E-state index in [1.54, 1.807) is 24.3 Å². The van der Waals surface area contributed by atoms with Gasteiger partial charge in [-0.15, -0.1) is 0 Å². The minimum absolute atomic E-state index is 0.00256. The van der Waals surface area contributed by atoms with Crippen LogP contribution in [0.2, 0.25) is 0 Å². The topological polar surface area (TPSA) is 101 Å². The number of benzene rings is 1. The highest BCUT2D eigenvalue weighted by atomic mass is 16.2. The van der Waals surface area contributed by atoms with Crippen LogP contribution in [0, 0.1) is 0 Å². The van der Waals surface area contributed by atoms with E-state index in [2.05, 4.69) is 15.3 Å². The number of hydrogen-bond acceptors (Lipinski definition) is 5. The molecule has 0 radical (unpaired) electrons. The number of amides is 2. The number of anilines is 1. The lowest BCUT2D eigenvalue weighted by atomic mass is 9.77. The van der Waals surface area contributed by atoms with Crippen molar-refractivity contribution in [3.63, 3.8) is 0 Å². The van der Waals surface area contributed by atoms with Gasteiger partial charge in [0.05, 0.1) is 12.2 Å². The zero-order valence-corrected chi connectivity index (χ0v) is 15.1. The highest BCUT2D eigenvalue weighted by molar-refractivity contribution is 5.96. The van der Waals surface area contributed by atoms with Gasteiger partial charge in [0.1, 0.15) is 0 Å². The number of nitrogens with one attached hydrogen (secondary N) is 1. The fraction of sp³-hybridized carbons (Fsp3) is 0.400. The summed E-state index contributed by atoms with van der Waals surface area (Å²) in [6, 6.07) is 8.92. The van der Waals surface area contributed by atoms with Crippen molar-refractivity contribution in [2.75, 3.05) is 25.4 Å². The third-order valence-corrected chi connectivity index (χ3v) is 5.62. The lowest BCUT2D eigenvalue weighted by Gasteiger charge is -2.40. The molecular formula is C20H23N5O2. The SMILES string of the molecule is Nc1ncc2c(n1)C1(CCCN(C(=O)CNC(=O)c3ccccc3)C1)CC2. The monoisotopic (exact) mass is 365 g/mol. The third kappa shape index (κ3) is 3.37. The lowest BCUT2D eigenvalue weighted by Crippen LogP contribution is -2.50. The number of hydrogen-bond donors (Lipinski definition) is 2. The molecular weight excluding hydrogens is 342 g/mol. The highest BCUT2D eigenvalue weighted by Gasteiger charge is 2.44. The Morgan fingerprint density at radius 2 is 2.04 bits per heavy atom. The first kappa shape index (κ1) is 17.5. The van der Waals surface area contributed by atoms with Gasteiger partial charge in [-0.25, -0.2) is 9.97 Å². The first-order chi connectivity index (χ1) is 13.1. The fourth-order valence-corrected chi connectivity index (χ4v) is 4.26. The summed E-state index contributed by atoms with van der Waals surface area (Å²) < 4.78 is 0. The first-order valence-electron chi connectivity index (χ1n) is 9.30. The minimum atomic E-state index is -0.234. The summed E-state index contributed by atoms with van der Waals surface area (Å²) in [5.74, 6) is -0.00941. The smallest absolute Gasteiger partial charge is 0.251 e. The van der Waals surface area contributed by atoms with E-state index in [4.69, 9.17) is 5.73 Å². The molecule has 1 aliphatic heterocycles. The van der Waals surface area contributed by atoms with Crippen molar-refractivity contribution < 1.29 is 9.59 Å². The molecule has 1 fully saturated rings. The van der Waals surface area contributed by atoms with Gasteiger partial charge in [0, 0.05) is 30.3 Å². The van der Waals surface area contributed by atoms with Crippen LogP contribution in [0.3, 0.4) is 0 Å². The van der Waals surface area contributed by atoms with Crippen molar-refractivity contribution in [3.8, 4) is 0 Å². The maximum atomic E-state index is 12.7. The van der Waals surface area contributed by atoms with Crippen molar-refractivity contribution in [3.05, 3.63) is 53.3 Å². The third-order valence-electron chi connectivity index (χ3n) is 5.62. The Hall–Kier alpha value is -2.96. The standard InChI is InChI=1S/C20H23N5O2/c21-19-23-11-15-7-9-20(17(15)24-19)8-4-10-25(13-20)16(26)12-22-18(27)14-5-2-1-3-6-14/h1-3,5-6,11H,4,7-10,12-13H2,(H,22,27)(H2,21,23,24). The summed E-state index contributed by atoms with van der Waals surface area (Å²) >= 11 is 0. The summed E-state index contributed by atoms with van der Waals surface area (Å²) in [7, 11) is 0. The van der Waals surface area contributed by atoms with Crippen LogP contribution in [0.25, 0.3) is 0 Å². The number of rotatable bonds is 3. The van der Waals surface area contributed by atoms with E-state index in [0.717, 1.165) is 36.9 Å². The molecule has 2 aliphatic rings. The number of fused-ring (bicyclic) bond motifs is 2. The Bertz CT molecular complexity index is 866. The molecule has 1 aliphatic carbocycles. The van der Waals surface area contributed by atoms with Gasteiger partial charge in [-0.2, -0.15) is 0 Å². The van der Waals surface area contributed by atoms with Crippen molar-refractivity contribution in [1.29, 1.82) is 0 Å². The first-order valence-corrected chi connectivity index (χ1v) is 9.30. The largest absolute Gasteiger partial charge is 0.368 e. The van der Waals surface area contributed by atoms with Crippen LogP contribution in [-0.2, 0) is 16.6 Å². The minimum Gasteiger partial charge on any atom is -0.368 e. The lowest BCUT2D eigenvalue weighted by molar-refractivity contribution is -0.132. The van der Waals surface area contributed by atoms with Crippen LogP contribution in [-0.4, -0.2) is 46.3 Å². The number of nitrogens with zero attached hydrogens (tertiary/aromatic N) is 3. The van der Waals surface area contributed by atoms with Crippen LogP contribution < -0.4 is 11.1 Å². The normalized spacial score (nSPS) is 21.1. The molecule has 1 aromatic heterocycles. The van der Waals surface area contributed by atoms with Gasteiger partial charge in [-0.1, -0.05) is 18.2 Å². The van der Waals surface area contributed by atoms with E-state index >= 15 is 0 Å². The quantitative estimate of drug-likeness (QED) is 0.854. The number of nitrogen functional groups attached to an aromatic ring is 1. The van der Waals surface area contributed by atoms with Crippen molar-refractivity contribution >= 4 is 17.8 Å².